The summed E-state index contributed by atoms with van der Waals surface area (Å²) in [5.74, 6) is -4.10. The van der Waals surface area contributed by atoms with E-state index >= 15 is 0 Å². The van der Waals surface area contributed by atoms with Gasteiger partial charge in [0.25, 0.3) is 5.91 Å². The highest BCUT2D eigenvalue weighted by Crippen LogP contribution is 2.36. The SMILES string of the molecule is CC1N(/C=C/c2ccccc2)C(OCc2ccc(F)cc2F)=C(Br)C(=O)N1c1c(F)cccc1F. The zero-order valence-corrected chi connectivity index (χ0v) is 20.0. The molecule has 0 radical (unpaired) electrons. The lowest BCUT2D eigenvalue weighted by Gasteiger charge is -2.41. The van der Waals surface area contributed by atoms with Crippen LogP contribution in [0.2, 0.25) is 0 Å². The third-order valence-corrected chi connectivity index (χ3v) is 6.07. The number of anilines is 1. The summed E-state index contributed by atoms with van der Waals surface area (Å²) in [5, 5.41) is 0. The maximum absolute atomic E-state index is 14.6. The van der Waals surface area contributed by atoms with Crippen LogP contribution in [0.4, 0.5) is 23.2 Å². The number of hydrogen-bond acceptors (Lipinski definition) is 3. The summed E-state index contributed by atoms with van der Waals surface area (Å²) in [5.41, 5.74) is 0.373. The summed E-state index contributed by atoms with van der Waals surface area (Å²) in [7, 11) is 0. The van der Waals surface area contributed by atoms with E-state index in [2.05, 4.69) is 15.9 Å². The fourth-order valence-electron chi connectivity index (χ4n) is 3.63. The number of halogens is 5. The highest BCUT2D eigenvalue weighted by Gasteiger charge is 2.40. The number of amides is 1. The van der Waals surface area contributed by atoms with Crippen molar-refractivity contribution in [2.75, 3.05) is 4.90 Å². The first kappa shape index (κ1) is 24.5. The van der Waals surface area contributed by atoms with Crippen LogP contribution >= 0.6 is 15.9 Å². The molecule has 9 heteroatoms. The lowest BCUT2D eigenvalue weighted by atomic mass is 10.2. The van der Waals surface area contributed by atoms with Gasteiger partial charge in [-0.05, 0) is 58.8 Å². The molecule has 1 amide bonds. The molecular weight excluding hydrogens is 528 g/mol. The van der Waals surface area contributed by atoms with E-state index in [1.54, 1.807) is 19.2 Å². The van der Waals surface area contributed by atoms with Crippen molar-refractivity contribution in [3.05, 3.63) is 118 Å². The summed E-state index contributed by atoms with van der Waals surface area (Å²) in [4.78, 5) is 15.7. The molecule has 0 saturated carbocycles. The van der Waals surface area contributed by atoms with E-state index in [-0.39, 0.29) is 22.5 Å². The molecule has 0 spiro atoms. The molecule has 35 heavy (non-hydrogen) atoms. The van der Waals surface area contributed by atoms with Crippen molar-refractivity contribution in [2.24, 2.45) is 0 Å². The fraction of sp³-hybridized carbons (Fsp3) is 0.115. The van der Waals surface area contributed by atoms with E-state index in [0.29, 0.717) is 0 Å². The number of rotatable bonds is 6. The van der Waals surface area contributed by atoms with Crippen LogP contribution in [0.5, 0.6) is 0 Å². The topological polar surface area (TPSA) is 32.8 Å². The summed E-state index contributed by atoms with van der Waals surface area (Å²) in [6.07, 6.45) is 2.39. The number of carbonyl (C=O) groups excluding carboxylic acids is 1. The second-order valence-corrected chi connectivity index (χ2v) is 8.45. The van der Waals surface area contributed by atoms with Crippen molar-refractivity contribution in [1.82, 2.24) is 4.90 Å². The Morgan fingerprint density at radius 1 is 0.943 bits per heavy atom. The van der Waals surface area contributed by atoms with Gasteiger partial charge < -0.3 is 4.74 Å². The van der Waals surface area contributed by atoms with Crippen LogP contribution in [-0.4, -0.2) is 17.0 Å². The highest BCUT2D eigenvalue weighted by atomic mass is 79.9. The van der Waals surface area contributed by atoms with E-state index < -0.39 is 41.0 Å². The van der Waals surface area contributed by atoms with Crippen molar-refractivity contribution in [1.29, 1.82) is 0 Å². The maximum atomic E-state index is 14.6. The number of ether oxygens (including phenoxy) is 1. The molecule has 4 nitrogen and oxygen atoms in total. The zero-order valence-electron chi connectivity index (χ0n) is 18.4. The molecule has 4 rings (SSSR count). The van der Waals surface area contributed by atoms with Crippen molar-refractivity contribution in [2.45, 2.75) is 19.7 Å². The molecule has 0 N–H and O–H groups in total. The van der Waals surface area contributed by atoms with Gasteiger partial charge in [0.1, 0.15) is 46.2 Å². The summed E-state index contributed by atoms with van der Waals surface area (Å²) in [6, 6.07) is 15.6. The fourth-order valence-corrected chi connectivity index (χ4v) is 4.14. The lowest BCUT2D eigenvalue weighted by Crippen LogP contribution is -2.52. The molecule has 3 aromatic carbocycles. The molecule has 0 aromatic heterocycles. The zero-order chi connectivity index (χ0) is 25.1. The van der Waals surface area contributed by atoms with Crippen molar-refractivity contribution < 1.29 is 27.1 Å². The van der Waals surface area contributed by atoms with Gasteiger partial charge in [-0.2, -0.15) is 0 Å². The quantitative estimate of drug-likeness (QED) is 0.323. The molecule has 0 bridgehead atoms. The average Bonchev–Trinajstić information content (AvgIpc) is 2.83. The van der Waals surface area contributed by atoms with Crippen LogP contribution in [-0.2, 0) is 16.1 Å². The average molecular weight is 547 g/mol. The molecular formula is C26H19BrF4N2O2. The van der Waals surface area contributed by atoms with Crippen LogP contribution < -0.4 is 4.90 Å². The van der Waals surface area contributed by atoms with Gasteiger partial charge in [-0.3, -0.25) is 14.6 Å². The second kappa shape index (κ2) is 10.4. The first-order chi connectivity index (χ1) is 16.8. The van der Waals surface area contributed by atoms with Gasteiger partial charge in [0.15, 0.2) is 0 Å². The molecule has 0 saturated heterocycles. The Hall–Kier alpha value is -3.59. The second-order valence-electron chi connectivity index (χ2n) is 7.65. The van der Waals surface area contributed by atoms with Gasteiger partial charge in [-0.1, -0.05) is 36.4 Å². The van der Waals surface area contributed by atoms with E-state index in [1.165, 1.54) is 17.0 Å². The van der Waals surface area contributed by atoms with Crippen LogP contribution in [0, 0.1) is 23.3 Å². The number of carbonyl (C=O) groups is 1. The van der Waals surface area contributed by atoms with Crippen molar-refractivity contribution in [3.8, 4) is 0 Å². The standard InChI is InChI=1S/C26H19BrF4N2O2/c1-16-32(13-12-17-6-3-2-4-7-17)26(35-15-18-10-11-19(28)14-22(18)31)23(27)25(34)33(16)24-20(29)8-5-9-21(24)30/h2-14,16H,15H2,1H3/b13-12+. The van der Waals surface area contributed by atoms with E-state index in [4.69, 9.17) is 4.74 Å². The molecule has 0 fully saturated rings. The Morgan fingerprint density at radius 3 is 2.29 bits per heavy atom. The number of para-hydroxylation sites is 1. The molecule has 0 aliphatic carbocycles. The first-order valence-corrected chi connectivity index (χ1v) is 11.3. The normalized spacial score (nSPS) is 16.4. The predicted octanol–water partition coefficient (Wildman–Crippen LogP) is 6.69. The van der Waals surface area contributed by atoms with E-state index in [9.17, 15) is 22.4 Å². The summed E-state index contributed by atoms with van der Waals surface area (Å²) < 4.78 is 62.4. The number of hydrogen-bond donors (Lipinski definition) is 0. The van der Waals surface area contributed by atoms with Crippen molar-refractivity contribution in [3.63, 3.8) is 0 Å². The molecule has 1 atom stereocenters. The smallest absolute Gasteiger partial charge is 0.272 e. The van der Waals surface area contributed by atoms with Crippen LogP contribution in [0.3, 0.4) is 0 Å². The Labute approximate surface area is 207 Å². The summed E-state index contributed by atoms with van der Waals surface area (Å²) in [6.45, 7) is 1.25. The van der Waals surface area contributed by atoms with Gasteiger partial charge in [-0.15, -0.1) is 0 Å². The van der Waals surface area contributed by atoms with Crippen LogP contribution in [0.15, 0.2) is 83.3 Å². The largest absolute Gasteiger partial charge is 0.473 e. The maximum Gasteiger partial charge on any atom is 0.272 e. The van der Waals surface area contributed by atoms with Gasteiger partial charge in [0.05, 0.1) is 0 Å². The van der Waals surface area contributed by atoms with Gasteiger partial charge >= 0.3 is 0 Å². The first-order valence-electron chi connectivity index (χ1n) is 10.5. The minimum Gasteiger partial charge on any atom is -0.473 e. The highest BCUT2D eigenvalue weighted by molar-refractivity contribution is 9.12. The van der Waals surface area contributed by atoms with Crippen LogP contribution in [0.1, 0.15) is 18.1 Å². The minimum atomic E-state index is -0.928. The number of benzene rings is 3. The molecule has 3 aromatic rings. The predicted molar refractivity (Wildman–Crippen MR) is 128 cm³/mol. The van der Waals surface area contributed by atoms with Gasteiger partial charge in [0.2, 0.25) is 5.88 Å². The van der Waals surface area contributed by atoms with Gasteiger partial charge in [-0.25, -0.2) is 17.6 Å². The van der Waals surface area contributed by atoms with Gasteiger partial charge in [0, 0.05) is 17.8 Å². The molecule has 1 aliphatic heterocycles. The molecule has 1 heterocycles. The molecule has 1 aliphatic rings. The van der Waals surface area contributed by atoms with Crippen molar-refractivity contribution >= 4 is 33.6 Å². The third kappa shape index (κ3) is 5.09. The number of nitrogens with zero attached hydrogens (tertiary/aromatic N) is 2. The Kier molecular flexibility index (Phi) is 7.25. The Balaban J connectivity index is 1.75. The van der Waals surface area contributed by atoms with E-state index in [0.717, 1.165) is 34.7 Å². The van der Waals surface area contributed by atoms with Crippen LogP contribution in [0.25, 0.3) is 6.08 Å². The van der Waals surface area contributed by atoms with E-state index in [1.807, 2.05) is 30.3 Å². The molecule has 1 unspecified atom stereocenters. The third-order valence-electron chi connectivity index (χ3n) is 5.39. The minimum absolute atomic E-state index is 0.00593. The lowest BCUT2D eigenvalue weighted by molar-refractivity contribution is -0.117. The Morgan fingerprint density at radius 2 is 1.63 bits per heavy atom. The summed E-state index contributed by atoms with van der Waals surface area (Å²) >= 11 is 3.19. The molecule has 180 valence electrons. The monoisotopic (exact) mass is 546 g/mol. The Bertz CT molecular complexity index is 1290.